The molecule has 0 spiro atoms. The van der Waals surface area contributed by atoms with Gasteiger partial charge >= 0.3 is 12.1 Å². The van der Waals surface area contributed by atoms with Crippen molar-refractivity contribution >= 4 is 29.6 Å². The molecule has 0 bridgehead atoms. The maximum atomic E-state index is 13.7. The SMILES string of the molecule is O=C(CCC1CCCC1)N/C(=C/c1ccc(Oc2ccccc2Cl)cc1C(F)(F)F)C(=O)O. The van der Waals surface area contributed by atoms with E-state index in [9.17, 15) is 27.9 Å². The number of halogens is 4. The molecule has 0 atom stereocenters. The average molecular weight is 482 g/mol. The van der Waals surface area contributed by atoms with Crippen molar-refractivity contribution in [3.8, 4) is 11.5 Å². The van der Waals surface area contributed by atoms with Gasteiger partial charge in [0.25, 0.3) is 0 Å². The average Bonchev–Trinajstić information content (AvgIpc) is 3.27. The molecular formula is C24H23ClF3NO4. The number of hydrogen-bond acceptors (Lipinski definition) is 3. The van der Waals surface area contributed by atoms with Gasteiger partial charge in [0.1, 0.15) is 17.2 Å². The minimum absolute atomic E-state index is 0.117. The first-order valence-corrected chi connectivity index (χ1v) is 10.9. The van der Waals surface area contributed by atoms with E-state index < -0.39 is 34.9 Å². The predicted octanol–water partition coefficient (Wildman–Crippen LogP) is 6.66. The van der Waals surface area contributed by atoms with Crippen LogP contribution in [-0.2, 0) is 15.8 Å². The third kappa shape index (κ3) is 6.99. The normalized spacial score (nSPS) is 14.8. The minimum atomic E-state index is -4.79. The quantitative estimate of drug-likeness (QED) is 0.413. The molecule has 1 fully saturated rings. The van der Waals surface area contributed by atoms with Crippen molar-refractivity contribution in [3.05, 3.63) is 64.3 Å². The van der Waals surface area contributed by atoms with Gasteiger partial charge < -0.3 is 15.2 Å². The van der Waals surface area contributed by atoms with Crippen LogP contribution in [0.15, 0.2) is 48.2 Å². The molecule has 0 heterocycles. The van der Waals surface area contributed by atoms with Gasteiger partial charge in [-0.15, -0.1) is 0 Å². The van der Waals surface area contributed by atoms with Crippen molar-refractivity contribution in [1.82, 2.24) is 5.32 Å². The Morgan fingerprint density at radius 3 is 2.48 bits per heavy atom. The Hall–Kier alpha value is -3.00. The number of carbonyl (C=O) groups excluding carboxylic acids is 1. The fraction of sp³-hybridized carbons (Fsp3) is 0.333. The Morgan fingerprint density at radius 1 is 1.15 bits per heavy atom. The van der Waals surface area contributed by atoms with Crippen LogP contribution < -0.4 is 10.1 Å². The fourth-order valence-electron chi connectivity index (χ4n) is 3.78. The molecule has 0 saturated heterocycles. The Labute approximate surface area is 194 Å². The number of para-hydroxylation sites is 1. The third-order valence-electron chi connectivity index (χ3n) is 5.45. The Balaban J connectivity index is 1.82. The van der Waals surface area contributed by atoms with E-state index in [4.69, 9.17) is 16.3 Å². The lowest BCUT2D eigenvalue weighted by atomic mass is 10.0. The van der Waals surface area contributed by atoms with E-state index in [2.05, 4.69) is 5.32 Å². The van der Waals surface area contributed by atoms with Crippen LogP contribution in [0.25, 0.3) is 6.08 Å². The van der Waals surface area contributed by atoms with Crippen LogP contribution in [-0.4, -0.2) is 17.0 Å². The van der Waals surface area contributed by atoms with E-state index in [1.807, 2.05) is 0 Å². The number of benzene rings is 2. The first kappa shape index (κ1) is 24.6. The molecule has 2 aromatic rings. The smallest absolute Gasteiger partial charge is 0.417 e. The highest BCUT2D eigenvalue weighted by Crippen LogP contribution is 2.37. The summed E-state index contributed by atoms with van der Waals surface area (Å²) in [4.78, 5) is 23.8. The summed E-state index contributed by atoms with van der Waals surface area (Å²) in [5.41, 5.74) is -2.15. The van der Waals surface area contributed by atoms with Gasteiger partial charge in [-0.1, -0.05) is 55.5 Å². The standard InChI is InChI=1S/C24H23ClF3NO4/c25-19-7-3-4-8-21(19)33-17-11-10-16(18(14-17)24(26,27)28)13-20(23(31)32)29-22(30)12-9-15-5-1-2-6-15/h3-4,7-8,10-11,13-15H,1-2,5-6,9,12H2,(H,29,30)(H,31,32)/b20-13+. The Bertz CT molecular complexity index is 1050. The second-order valence-corrected chi connectivity index (χ2v) is 8.29. The number of ether oxygens (including phenoxy) is 1. The number of aliphatic carboxylic acids is 1. The van der Waals surface area contributed by atoms with Gasteiger partial charge in [-0.25, -0.2) is 4.79 Å². The summed E-state index contributed by atoms with van der Waals surface area (Å²) in [6, 6.07) is 9.43. The molecular weight excluding hydrogens is 459 g/mol. The largest absolute Gasteiger partial charge is 0.477 e. The number of hydrogen-bond donors (Lipinski definition) is 2. The molecule has 3 rings (SSSR count). The molecule has 9 heteroatoms. The van der Waals surface area contributed by atoms with Crippen LogP contribution in [0.4, 0.5) is 13.2 Å². The molecule has 0 aliphatic heterocycles. The van der Waals surface area contributed by atoms with Crippen LogP contribution in [0, 0.1) is 5.92 Å². The van der Waals surface area contributed by atoms with Crippen molar-refractivity contribution in [1.29, 1.82) is 0 Å². The summed E-state index contributed by atoms with van der Waals surface area (Å²) in [5, 5.41) is 11.9. The molecule has 1 aliphatic carbocycles. The van der Waals surface area contributed by atoms with E-state index >= 15 is 0 Å². The van der Waals surface area contributed by atoms with Gasteiger partial charge in [-0.05, 0) is 48.2 Å². The first-order valence-electron chi connectivity index (χ1n) is 10.5. The van der Waals surface area contributed by atoms with E-state index in [1.54, 1.807) is 12.1 Å². The van der Waals surface area contributed by atoms with Crippen LogP contribution >= 0.6 is 11.6 Å². The number of carbonyl (C=O) groups is 2. The van der Waals surface area contributed by atoms with Gasteiger partial charge in [0.2, 0.25) is 5.91 Å². The van der Waals surface area contributed by atoms with Gasteiger partial charge in [0.15, 0.2) is 0 Å². The van der Waals surface area contributed by atoms with E-state index in [-0.39, 0.29) is 22.9 Å². The molecule has 2 aromatic carbocycles. The van der Waals surface area contributed by atoms with Gasteiger partial charge in [-0.2, -0.15) is 13.2 Å². The fourth-order valence-corrected chi connectivity index (χ4v) is 3.95. The monoisotopic (exact) mass is 481 g/mol. The summed E-state index contributed by atoms with van der Waals surface area (Å²) >= 11 is 5.99. The third-order valence-corrected chi connectivity index (χ3v) is 5.77. The highest BCUT2D eigenvalue weighted by atomic mass is 35.5. The highest BCUT2D eigenvalue weighted by molar-refractivity contribution is 6.32. The molecule has 1 aliphatic rings. The molecule has 1 amide bonds. The molecule has 1 saturated carbocycles. The summed E-state index contributed by atoms with van der Waals surface area (Å²) in [6.45, 7) is 0. The van der Waals surface area contributed by atoms with Crippen molar-refractivity contribution in [2.24, 2.45) is 5.92 Å². The topological polar surface area (TPSA) is 75.6 Å². The molecule has 33 heavy (non-hydrogen) atoms. The number of alkyl halides is 3. The van der Waals surface area contributed by atoms with Crippen LogP contribution in [0.1, 0.15) is 49.7 Å². The summed E-state index contributed by atoms with van der Waals surface area (Å²) in [6.07, 6.45) is 1.05. The lowest BCUT2D eigenvalue weighted by Crippen LogP contribution is -2.27. The summed E-state index contributed by atoms with van der Waals surface area (Å²) < 4.78 is 46.6. The van der Waals surface area contributed by atoms with Gasteiger partial charge in [0.05, 0.1) is 10.6 Å². The summed E-state index contributed by atoms with van der Waals surface area (Å²) in [7, 11) is 0. The molecule has 0 aromatic heterocycles. The second-order valence-electron chi connectivity index (χ2n) is 7.88. The lowest BCUT2D eigenvalue weighted by molar-refractivity contribution is -0.138. The van der Waals surface area contributed by atoms with Crippen LogP contribution in [0.3, 0.4) is 0 Å². The van der Waals surface area contributed by atoms with E-state index in [0.29, 0.717) is 12.3 Å². The molecule has 176 valence electrons. The zero-order valence-electron chi connectivity index (χ0n) is 17.6. The Kier molecular flexibility index (Phi) is 8.02. The number of carboxylic acids is 1. The maximum Gasteiger partial charge on any atom is 0.417 e. The molecule has 0 unspecified atom stereocenters. The number of rotatable bonds is 8. The number of nitrogens with one attached hydrogen (secondary N) is 1. The lowest BCUT2D eigenvalue weighted by Gasteiger charge is -2.15. The molecule has 0 radical (unpaired) electrons. The van der Waals surface area contributed by atoms with Crippen LogP contribution in [0.2, 0.25) is 5.02 Å². The molecule has 5 nitrogen and oxygen atoms in total. The van der Waals surface area contributed by atoms with Crippen molar-refractivity contribution in [3.63, 3.8) is 0 Å². The van der Waals surface area contributed by atoms with Gasteiger partial charge in [-0.3, -0.25) is 4.79 Å². The number of carboxylic acid groups (broad SMARTS) is 1. The van der Waals surface area contributed by atoms with Crippen molar-refractivity contribution in [2.75, 3.05) is 0 Å². The first-order chi connectivity index (χ1) is 15.6. The summed E-state index contributed by atoms with van der Waals surface area (Å²) in [5.74, 6) is -1.59. The van der Waals surface area contributed by atoms with Crippen molar-refractivity contribution < 1.29 is 32.6 Å². The van der Waals surface area contributed by atoms with Gasteiger partial charge in [0, 0.05) is 6.42 Å². The zero-order chi connectivity index (χ0) is 24.0. The van der Waals surface area contributed by atoms with E-state index in [0.717, 1.165) is 43.9 Å². The second kappa shape index (κ2) is 10.7. The predicted molar refractivity (Wildman–Crippen MR) is 118 cm³/mol. The van der Waals surface area contributed by atoms with E-state index in [1.165, 1.54) is 18.2 Å². The van der Waals surface area contributed by atoms with Crippen molar-refractivity contribution in [2.45, 2.75) is 44.7 Å². The molecule has 2 N–H and O–H groups in total. The maximum absolute atomic E-state index is 13.7. The minimum Gasteiger partial charge on any atom is -0.477 e. The zero-order valence-corrected chi connectivity index (χ0v) is 18.4. The number of amides is 1. The van der Waals surface area contributed by atoms with Crippen LogP contribution in [0.5, 0.6) is 11.5 Å². The Morgan fingerprint density at radius 2 is 1.85 bits per heavy atom. The highest BCUT2D eigenvalue weighted by Gasteiger charge is 2.34.